The second kappa shape index (κ2) is 58.7. The third-order valence-corrected chi connectivity index (χ3v) is 7.73. The quantitative estimate of drug-likeness (QED) is 0.0510. The summed E-state index contributed by atoms with van der Waals surface area (Å²) in [6.07, 6.45) is 0. The van der Waals surface area contributed by atoms with E-state index in [1.165, 1.54) is 48.5 Å². The second-order valence-corrected chi connectivity index (χ2v) is 14.8. The molecule has 2 aromatic rings. The van der Waals surface area contributed by atoms with Crippen LogP contribution in [-0.4, -0.2) is 237 Å². The Morgan fingerprint density at radius 3 is 0.733 bits per heavy atom. The molecule has 1 N–H and O–H groups in total. The molecule has 0 aliphatic heterocycles. The van der Waals surface area contributed by atoms with Crippen molar-refractivity contribution in [3.05, 3.63) is 79.2 Å². The first-order valence-corrected chi connectivity index (χ1v) is 21.3. The molecule has 0 aliphatic rings. The van der Waals surface area contributed by atoms with Crippen LogP contribution in [0, 0.1) is 30.6 Å². The molecular weight excluding hydrogens is 1190 g/mol. The number of hydrogen-bond acceptors (Lipinski definition) is 26. The van der Waals surface area contributed by atoms with Gasteiger partial charge in [0.25, 0.3) is 0 Å². The van der Waals surface area contributed by atoms with Crippen LogP contribution in [0.4, 0.5) is 22.7 Å². The first-order chi connectivity index (χ1) is 33.2. The summed E-state index contributed by atoms with van der Waals surface area (Å²) in [6.45, 7) is 14.9. The molecule has 0 unspecified atom stereocenters. The van der Waals surface area contributed by atoms with E-state index in [1.807, 2.05) is 13.8 Å². The van der Waals surface area contributed by atoms with Crippen molar-refractivity contribution >= 4 is 58.1 Å². The van der Waals surface area contributed by atoms with E-state index in [1.54, 1.807) is 0 Å². The number of ether oxygens (including phenoxy) is 1. The summed E-state index contributed by atoms with van der Waals surface area (Å²) in [5, 5.41) is 107. The maximum absolute atomic E-state index is 12.2. The van der Waals surface area contributed by atoms with Gasteiger partial charge in [-0.3, -0.25) is 20.0 Å². The Morgan fingerprint density at radius 1 is 0.427 bits per heavy atom. The zero-order chi connectivity index (χ0) is 56.1. The Labute approximate surface area is 484 Å². The van der Waals surface area contributed by atoms with Crippen LogP contribution in [-0.2, 0) is 73.0 Å². The Kier molecular flexibility index (Phi) is 70.4. The molecule has 0 heterocycles. The van der Waals surface area contributed by atoms with E-state index in [2.05, 4.69) is 130 Å². The van der Waals surface area contributed by atoms with Crippen molar-refractivity contribution in [2.45, 2.75) is 13.8 Å². The molecule has 0 atom stereocenters. The van der Waals surface area contributed by atoms with E-state index >= 15 is 0 Å². The van der Waals surface area contributed by atoms with Gasteiger partial charge in [0.1, 0.15) is 0 Å². The van der Waals surface area contributed by atoms with Crippen molar-refractivity contribution in [1.82, 2.24) is 29.4 Å². The summed E-state index contributed by atoms with van der Waals surface area (Å²) in [5.41, 5.74) is -0.555. The predicted octanol–water partition coefficient (Wildman–Crippen LogP) is -3.03. The van der Waals surface area contributed by atoms with Crippen LogP contribution in [0.25, 0.3) is 0 Å². The number of hydrogen-bond donors (Lipinski definition) is 1. The zero-order valence-corrected chi connectivity index (χ0v) is 48.7. The van der Waals surface area contributed by atoms with Crippen molar-refractivity contribution in [3.8, 4) is 0 Å². The average molecular weight is 1270 g/mol. The molecule has 0 bridgehead atoms. The maximum Gasteiger partial charge on any atom is 2.00 e. The van der Waals surface area contributed by atoms with Crippen molar-refractivity contribution in [2.24, 2.45) is 30.0 Å². The molecule has 0 saturated heterocycles. The minimum atomic E-state index is -1.75. The summed E-state index contributed by atoms with van der Waals surface area (Å²) in [5.74, 6) is -7.16. The van der Waals surface area contributed by atoms with E-state index in [4.69, 9.17) is 40.5 Å². The molecule has 2 aromatic carbocycles. The van der Waals surface area contributed by atoms with Crippen molar-refractivity contribution in [1.29, 1.82) is 0 Å². The summed E-state index contributed by atoms with van der Waals surface area (Å²) < 4.78 is 4.83. The molecule has 75 heavy (non-hydrogen) atoms. The molecule has 0 spiro atoms. The molecule has 0 amide bonds. The molecule has 0 saturated carbocycles. The zero-order valence-electron chi connectivity index (χ0n) is 44.9. The summed E-state index contributed by atoms with van der Waals surface area (Å²) in [6, 6.07) is 11.1. The van der Waals surface area contributed by atoms with Gasteiger partial charge in [-0.15, -0.1) is 0 Å². The number of nitrogens with zero attached hydrogens (tertiary/aromatic N) is 14. The largest absolute Gasteiger partial charge is 2.00 e. The first-order valence-electron chi connectivity index (χ1n) is 21.3. The molecule has 0 aliphatic carbocycles. The van der Waals surface area contributed by atoms with E-state index in [0.29, 0.717) is 0 Å². The van der Waals surface area contributed by atoms with Gasteiger partial charge in [0.15, 0.2) is 0 Å². The molecular formula is C43H74Cu4N14O14. The van der Waals surface area contributed by atoms with Crippen LogP contribution < -0.4 is 30.6 Å². The number of aliphatic hydroxyl groups is 1. The van der Waals surface area contributed by atoms with Crippen molar-refractivity contribution in [3.63, 3.8) is 0 Å². The van der Waals surface area contributed by atoms with Gasteiger partial charge < -0.3 is 111 Å². The molecule has 32 heteroatoms. The minimum Gasteiger partial charge on any atom is -0.858 e. The van der Waals surface area contributed by atoms with Gasteiger partial charge in [0, 0.05) is 86.8 Å². The summed E-state index contributed by atoms with van der Waals surface area (Å²) in [7, 11) is 24.5. The smallest absolute Gasteiger partial charge is 0.858 e. The van der Waals surface area contributed by atoms with Gasteiger partial charge in [-0.25, -0.2) is 0 Å². The Hall–Kier alpha value is -4.58. The van der Waals surface area contributed by atoms with E-state index in [-0.39, 0.29) is 91.0 Å². The molecule has 28 nitrogen and oxygen atoms in total. The number of aliphatic hydroxyl groups excluding tert-OH is 1. The van der Waals surface area contributed by atoms with E-state index in [0.717, 1.165) is 86.8 Å². The molecule has 0 fully saturated rings. The van der Waals surface area contributed by atoms with E-state index < -0.39 is 45.6 Å². The standard InChI is InChI=1S/C20H20N6O6.2C9H23N3.C4H10O.CH4O.4Cu.2NO3/c1-21-15(27)17(29)23-11-7-3-5-9-13(11)25-19(31)20(32)26-14-10-6-4-8-12(14)24-18(30)16(28)22-2;2*1-10(2)6-8-12(5)9-7-11(3)4;1-3-5-4-2;1-2;;;;;2*2-1(3)4/h3-10H,1-2H3,(H,21,27)(H,22,28)(H,23,29)(H,24,30)(H,25,31)(H,26,32);2*6-9H2,1-5H3;3-4H2,1-2H3;2H,1H3;;;;;;/q;;;;;4*+2;2*-1/p-6. The monoisotopic (exact) mass is 1260 g/mol. The third-order valence-electron chi connectivity index (χ3n) is 7.73. The number of para-hydroxylation sites is 4. The van der Waals surface area contributed by atoms with Gasteiger partial charge in [-0.05, 0) is 144 Å². The fourth-order valence-electron chi connectivity index (χ4n) is 4.04. The molecule has 444 valence electrons. The predicted molar refractivity (Wildman–Crippen MR) is 268 cm³/mol. The van der Waals surface area contributed by atoms with Crippen LogP contribution in [0.1, 0.15) is 13.8 Å². The number of likely N-dealkylation sites (N-methyl/N-ethyl adjacent to an activating group) is 6. The second-order valence-electron chi connectivity index (χ2n) is 14.8. The Balaban J connectivity index is -0.000000120. The normalized spacial score (nSPS) is 11.3. The fourth-order valence-corrected chi connectivity index (χ4v) is 4.04. The molecule has 4 radical (unpaired) electrons. The van der Waals surface area contributed by atoms with Crippen LogP contribution in [0.15, 0.2) is 78.5 Å². The SMILES string of the molecule is CCOCC.CN(C)CCN(C)CCN(C)C.CN(C)CCN(C)CCN(C)C.CN=C([O-])C([O-])=Nc1ccccc1N=C([O-])C([O-])=Nc1ccccc1N=C([O-])C([O-])=NC.CO.O=[N+]([O-])[O-].O=[N+]([O-])[O-].[Cu+2].[Cu+2].[Cu+2].[Cu+2]. The molecule has 2 rings (SSSR count). The number of rotatable bonds is 18. The van der Waals surface area contributed by atoms with E-state index in [9.17, 15) is 30.6 Å². The van der Waals surface area contributed by atoms with Crippen molar-refractivity contribution < 1.29 is 119 Å². The van der Waals surface area contributed by atoms with Gasteiger partial charge >= 0.3 is 68.3 Å². The van der Waals surface area contributed by atoms with Gasteiger partial charge in [0.2, 0.25) is 0 Å². The summed E-state index contributed by atoms with van der Waals surface area (Å²) >= 11 is 0. The van der Waals surface area contributed by atoms with Crippen LogP contribution in [0.2, 0.25) is 0 Å². The van der Waals surface area contributed by atoms with Crippen LogP contribution >= 0.6 is 0 Å². The van der Waals surface area contributed by atoms with Crippen molar-refractivity contribution in [2.75, 3.05) is 157 Å². The van der Waals surface area contributed by atoms with Gasteiger partial charge in [0.05, 0.1) is 32.9 Å². The number of aliphatic imine (C=N–C) groups is 6. The van der Waals surface area contributed by atoms with Gasteiger partial charge in [-0.2, -0.15) is 0 Å². The van der Waals surface area contributed by atoms with Crippen LogP contribution in [0.3, 0.4) is 0 Å². The fraction of sp³-hybridized carbons (Fsp3) is 0.581. The number of benzene rings is 2. The van der Waals surface area contributed by atoms with Gasteiger partial charge in [-0.1, -0.05) is 24.3 Å². The molecule has 0 aromatic heterocycles. The summed E-state index contributed by atoms with van der Waals surface area (Å²) in [4.78, 5) is 50.7. The Bertz CT molecular complexity index is 1740. The first kappa shape index (κ1) is 90.0. The van der Waals surface area contributed by atoms with Crippen LogP contribution in [0.5, 0.6) is 0 Å². The maximum atomic E-state index is 12.2. The minimum absolute atomic E-state index is 0. The average Bonchev–Trinajstić information content (AvgIpc) is 3.30. The Morgan fingerprint density at radius 2 is 0.600 bits per heavy atom. The topological polar surface area (TPSA) is 394 Å². The third kappa shape index (κ3) is 61.9.